The van der Waals surface area contributed by atoms with Crippen LogP contribution in [0, 0.1) is 0 Å². The van der Waals surface area contributed by atoms with Crippen LogP contribution < -0.4 is 20.1 Å². The molecular weight excluding hydrogens is 505 g/mol. The quantitative estimate of drug-likeness (QED) is 0.303. The van der Waals surface area contributed by atoms with Crippen LogP contribution in [0.3, 0.4) is 0 Å². The van der Waals surface area contributed by atoms with Gasteiger partial charge in [-0.05, 0) is 38.8 Å². The summed E-state index contributed by atoms with van der Waals surface area (Å²) in [4.78, 5) is 4.39. The molecule has 172 valence electrons. The summed E-state index contributed by atoms with van der Waals surface area (Å²) in [5.74, 6) is 2.62. The van der Waals surface area contributed by atoms with Gasteiger partial charge in [0.15, 0.2) is 5.96 Å². The predicted octanol–water partition coefficient (Wildman–Crippen LogP) is 3.75. The van der Waals surface area contributed by atoms with Crippen molar-refractivity contribution in [3.63, 3.8) is 0 Å². The molecule has 0 saturated heterocycles. The molecule has 0 bridgehead atoms. The van der Waals surface area contributed by atoms with Crippen molar-refractivity contribution in [3.05, 3.63) is 40.2 Å². The SMILES string of the molecule is CCOc1cc2c(cc1CNC(=NC)NCc1c(CC)nn(C)c1CC)OC(C)C2.I. The van der Waals surface area contributed by atoms with Crippen LogP contribution in [0.1, 0.15) is 55.8 Å². The van der Waals surface area contributed by atoms with Crippen molar-refractivity contribution < 1.29 is 9.47 Å². The van der Waals surface area contributed by atoms with Gasteiger partial charge in [0.2, 0.25) is 0 Å². The highest BCUT2D eigenvalue weighted by Gasteiger charge is 2.22. The van der Waals surface area contributed by atoms with Crippen LogP contribution in [-0.2, 0) is 39.4 Å². The van der Waals surface area contributed by atoms with Crippen LogP contribution in [0.2, 0.25) is 0 Å². The molecule has 0 fully saturated rings. The Morgan fingerprint density at radius 2 is 1.97 bits per heavy atom. The molecule has 0 saturated carbocycles. The number of guanidine groups is 1. The van der Waals surface area contributed by atoms with E-state index >= 15 is 0 Å². The fourth-order valence-corrected chi connectivity index (χ4v) is 4.08. The second-order valence-electron chi connectivity index (χ2n) is 7.62. The maximum atomic E-state index is 5.93. The summed E-state index contributed by atoms with van der Waals surface area (Å²) >= 11 is 0. The van der Waals surface area contributed by atoms with Gasteiger partial charge in [-0.1, -0.05) is 13.8 Å². The first kappa shape index (κ1) is 25.3. The maximum Gasteiger partial charge on any atom is 0.191 e. The number of aryl methyl sites for hydroxylation is 2. The van der Waals surface area contributed by atoms with Crippen LogP contribution in [0.5, 0.6) is 11.5 Å². The number of aliphatic imine (C=N–C) groups is 1. The molecule has 3 rings (SSSR count). The monoisotopic (exact) mass is 541 g/mol. The molecule has 0 amide bonds. The van der Waals surface area contributed by atoms with Gasteiger partial charge in [0, 0.05) is 56.0 Å². The highest BCUT2D eigenvalue weighted by molar-refractivity contribution is 14.0. The molecule has 7 nitrogen and oxygen atoms in total. The second-order valence-corrected chi connectivity index (χ2v) is 7.62. The number of fused-ring (bicyclic) bond motifs is 1. The molecule has 1 aliphatic heterocycles. The van der Waals surface area contributed by atoms with E-state index in [9.17, 15) is 0 Å². The number of nitrogens with one attached hydrogen (secondary N) is 2. The Bertz CT molecular complexity index is 910. The van der Waals surface area contributed by atoms with Crippen molar-refractivity contribution in [2.45, 2.75) is 66.2 Å². The van der Waals surface area contributed by atoms with Crippen molar-refractivity contribution in [3.8, 4) is 11.5 Å². The lowest BCUT2D eigenvalue weighted by Crippen LogP contribution is -2.36. The summed E-state index contributed by atoms with van der Waals surface area (Å²) in [5.41, 5.74) is 5.95. The molecule has 1 unspecified atom stereocenters. The number of halogens is 1. The molecule has 31 heavy (non-hydrogen) atoms. The van der Waals surface area contributed by atoms with Crippen molar-refractivity contribution in [1.29, 1.82) is 0 Å². The third-order valence-electron chi connectivity index (χ3n) is 5.51. The summed E-state index contributed by atoms with van der Waals surface area (Å²) in [6.45, 7) is 10.3. The van der Waals surface area contributed by atoms with Gasteiger partial charge in [-0.3, -0.25) is 9.67 Å². The average Bonchev–Trinajstić information content (AvgIpc) is 3.25. The van der Waals surface area contributed by atoms with Crippen LogP contribution in [0.4, 0.5) is 0 Å². The molecule has 0 aliphatic carbocycles. The third-order valence-corrected chi connectivity index (χ3v) is 5.51. The van der Waals surface area contributed by atoms with Gasteiger partial charge in [0.1, 0.15) is 17.6 Å². The molecule has 1 atom stereocenters. The van der Waals surface area contributed by atoms with E-state index in [0.29, 0.717) is 19.7 Å². The lowest BCUT2D eigenvalue weighted by atomic mass is 10.1. The minimum Gasteiger partial charge on any atom is -0.494 e. The first-order valence-corrected chi connectivity index (χ1v) is 10.9. The van der Waals surface area contributed by atoms with Crippen molar-refractivity contribution >= 4 is 29.9 Å². The number of aromatic nitrogens is 2. The summed E-state index contributed by atoms with van der Waals surface area (Å²) in [5, 5.41) is 11.5. The van der Waals surface area contributed by atoms with Crippen molar-refractivity contribution in [2.24, 2.45) is 12.0 Å². The zero-order valence-corrected chi connectivity index (χ0v) is 21.9. The predicted molar refractivity (Wildman–Crippen MR) is 136 cm³/mol. The fourth-order valence-electron chi connectivity index (χ4n) is 4.08. The number of nitrogens with zero attached hydrogens (tertiary/aromatic N) is 3. The smallest absolute Gasteiger partial charge is 0.191 e. The van der Waals surface area contributed by atoms with E-state index < -0.39 is 0 Å². The number of rotatable bonds is 8. The van der Waals surface area contributed by atoms with E-state index in [0.717, 1.165) is 48.0 Å². The minimum absolute atomic E-state index is 0. The molecule has 1 aromatic heterocycles. The van der Waals surface area contributed by atoms with E-state index in [1.54, 1.807) is 7.05 Å². The Balaban J connectivity index is 0.00000341. The van der Waals surface area contributed by atoms with E-state index in [4.69, 9.17) is 9.47 Å². The van der Waals surface area contributed by atoms with Gasteiger partial charge in [-0.25, -0.2) is 0 Å². The summed E-state index contributed by atoms with van der Waals surface area (Å²) < 4.78 is 13.8. The largest absolute Gasteiger partial charge is 0.494 e. The lowest BCUT2D eigenvalue weighted by Gasteiger charge is -2.16. The number of hydrogen-bond donors (Lipinski definition) is 2. The van der Waals surface area contributed by atoms with Crippen molar-refractivity contribution in [1.82, 2.24) is 20.4 Å². The first-order valence-electron chi connectivity index (χ1n) is 10.9. The molecule has 1 aromatic carbocycles. The normalized spacial score (nSPS) is 15.2. The second kappa shape index (κ2) is 11.6. The van der Waals surface area contributed by atoms with Crippen LogP contribution in [-0.4, -0.2) is 35.5 Å². The van der Waals surface area contributed by atoms with Gasteiger partial charge in [-0.2, -0.15) is 5.10 Å². The molecule has 8 heteroatoms. The summed E-state index contributed by atoms with van der Waals surface area (Å²) in [7, 11) is 3.80. The van der Waals surface area contributed by atoms with Crippen LogP contribution >= 0.6 is 24.0 Å². The highest BCUT2D eigenvalue weighted by Crippen LogP contribution is 2.35. The zero-order valence-electron chi connectivity index (χ0n) is 19.5. The number of ether oxygens (including phenoxy) is 2. The van der Waals surface area contributed by atoms with Crippen molar-refractivity contribution in [2.75, 3.05) is 13.7 Å². The molecule has 1 aliphatic rings. The highest BCUT2D eigenvalue weighted by atomic mass is 127. The molecular formula is C23H36IN5O2. The first-order chi connectivity index (χ1) is 14.5. The molecule has 2 heterocycles. The molecule has 2 aromatic rings. The Kier molecular flexibility index (Phi) is 9.46. The number of hydrogen-bond acceptors (Lipinski definition) is 4. The standard InChI is InChI=1S/C23H35N5O2.HI/c1-7-19-18(20(8-2)28(6)27-19)14-26-23(24-5)25-13-17-12-22-16(10-15(4)30-22)11-21(17)29-9-3;/h11-12,15H,7-10,13-14H2,1-6H3,(H2,24,25,26);1H. The minimum atomic E-state index is 0. The van der Waals surface area contributed by atoms with Gasteiger partial charge in [-0.15, -0.1) is 24.0 Å². The Hall–Kier alpha value is -1.97. The third kappa shape index (κ3) is 5.84. The lowest BCUT2D eigenvalue weighted by molar-refractivity contribution is 0.254. The fraction of sp³-hybridized carbons (Fsp3) is 0.565. The van der Waals surface area contributed by atoms with Gasteiger partial charge < -0.3 is 20.1 Å². The van der Waals surface area contributed by atoms with E-state index in [1.807, 2.05) is 18.7 Å². The maximum absolute atomic E-state index is 5.93. The zero-order chi connectivity index (χ0) is 21.7. The summed E-state index contributed by atoms with van der Waals surface area (Å²) in [6, 6.07) is 4.21. The summed E-state index contributed by atoms with van der Waals surface area (Å²) in [6.07, 6.45) is 3.02. The van der Waals surface area contributed by atoms with Gasteiger partial charge in [0.25, 0.3) is 0 Å². The molecule has 0 spiro atoms. The number of benzene rings is 1. The Morgan fingerprint density at radius 3 is 2.61 bits per heavy atom. The van der Waals surface area contributed by atoms with E-state index in [1.165, 1.54) is 16.8 Å². The van der Waals surface area contributed by atoms with E-state index in [2.05, 4.69) is 53.6 Å². The van der Waals surface area contributed by atoms with E-state index in [-0.39, 0.29) is 30.1 Å². The molecule has 2 N–H and O–H groups in total. The molecule has 0 radical (unpaired) electrons. The Morgan fingerprint density at radius 1 is 1.23 bits per heavy atom. The van der Waals surface area contributed by atoms with Gasteiger partial charge >= 0.3 is 0 Å². The van der Waals surface area contributed by atoms with Gasteiger partial charge in [0.05, 0.1) is 12.3 Å². The Labute approximate surface area is 203 Å². The topological polar surface area (TPSA) is 72.7 Å². The van der Waals surface area contributed by atoms with Crippen LogP contribution in [0.25, 0.3) is 0 Å². The average molecular weight is 541 g/mol. The van der Waals surface area contributed by atoms with Crippen LogP contribution in [0.15, 0.2) is 17.1 Å².